The topological polar surface area (TPSA) is 345 Å². The van der Waals surface area contributed by atoms with Gasteiger partial charge in [-0.2, -0.15) is 0 Å². The molecule has 2 aliphatic rings. The van der Waals surface area contributed by atoms with Crippen LogP contribution in [0.5, 0.6) is 0 Å². The molecule has 13 atom stereocenters. The number of rotatable bonds is 99. The van der Waals surface area contributed by atoms with Crippen LogP contribution in [0.25, 0.3) is 0 Å². The van der Waals surface area contributed by atoms with Gasteiger partial charge in [0.25, 0.3) is 0 Å². The minimum absolute atomic E-state index is 0.0625. The Labute approximate surface area is 848 Å². The summed E-state index contributed by atoms with van der Waals surface area (Å²) in [5.74, 6) is -3.16. The van der Waals surface area contributed by atoms with Crippen molar-refractivity contribution in [3.63, 3.8) is 0 Å². The summed E-state index contributed by atoms with van der Waals surface area (Å²) in [5.41, 5.74) is 0. The molecule has 2 heterocycles. The molecule has 2 rings (SSSR count). The lowest BCUT2D eigenvalue weighted by atomic mass is 9.95. The number of esters is 5. The van der Waals surface area contributed by atoms with Crippen LogP contribution < -0.4 is 10.6 Å². The van der Waals surface area contributed by atoms with Crippen LogP contribution in [0.3, 0.4) is 0 Å². The highest BCUT2D eigenvalue weighted by molar-refractivity contribution is 7.46. The number of hydrogen-bond donors (Lipinski definition) is 7. The number of carbonyl (C=O) groups excluding carboxylic acids is 7. The van der Waals surface area contributed by atoms with Crippen LogP contribution in [0.1, 0.15) is 582 Å². The van der Waals surface area contributed by atoms with Gasteiger partial charge in [-0.25, -0.2) is 4.57 Å². The molecule has 0 aliphatic carbocycles. The number of unbranched alkanes of at least 4 members (excludes halogenated alkanes) is 62. The monoisotopic (exact) mass is 2000 g/mol. The summed E-state index contributed by atoms with van der Waals surface area (Å²) in [7, 11) is -5.63. The SMILES string of the molecule is CCCCCCCCCCCCCCCC(=O)O[C@@H]1C(NC(=O)C[C@@H](CCCCCCCCCCC)OC(=O)CCCCCCCCCCCC(C)C)[C@H](O)OC(CO[C@@H]2OC(CO)[C@@H](OP(=O)(O)O)[C@H](OC(=O)C[C@@H](CCCCCCCCCCC)OC(=O)CCCCCCCCCCCCC)C2NC(=O)C[C@@H](CCCCCCCCCCC)OC(=O)CCCCCCCCCCCC(C)C)[C@H]1O. The Morgan fingerprint density at radius 3 is 0.849 bits per heavy atom. The van der Waals surface area contributed by atoms with E-state index in [-0.39, 0.29) is 38.5 Å². The van der Waals surface area contributed by atoms with Crippen LogP contribution in [-0.2, 0) is 80.5 Å². The van der Waals surface area contributed by atoms with Gasteiger partial charge in [0.2, 0.25) is 11.8 Å². The van der Waals surface area contributed by atoms with E-state index in [0.717, 1.165) is 224 Å². The van der Waals surface area contributed by atoms with Crippen molar-refractivity contribution < 1.29 is 106 Å². The minimum atomic E-state index is -5.63. The number of phosphoric acid groups is 1. The fourth-order valence-electron chi connectivity index (χ4n) is 19.6. The second-order valence-corrected chi connectivity index (χ2v) is 43.8. The number of amides is 2. The van der Waals surface area contributed by atoms with E-state index in [1.54, 1.807) is 0 Å². The molecule has 2 aliphatic heterocycles. The number of aliphatic hydroxyl groups is 3. The molecule has 0 spiro atoms. The smallest absolute Gasteiger partial charge is 0.462 e. The summed E-state index contributed by atoms with van der Waals surface area (Å²) in [6.07, 6.45) is 57.4. The zero-order chi connectivity index (χ0) is 102. The molecule has 25 heteroatoms. The van der Waals surface area contributed by atoms with Crippen LogP contribution in [0.15, 0.2) is 0 Å². The highest BCUT2D eigenvalue weighted by Gasteiger charge is 2.54. The van der Waals surface area contributed by atoms with Gasteiger partial charge in [-0.3, -0.25) is 38.1 Å². The van der Waals surface area contributed by atoms with Gasteiger partial charge in [0.1, 0.15) is 54.8 Å². The van der Waals surface area contributed by atoms with Crippen molar-refractivity contribution in [2.75, 3.05) is 13.2 Å². The lowest BCUT2D eigenvalue weighted by Gasteiger charge is -2.46. The van der Waals surface area contributed by atoms with Crippen molar-refractivity contribution in [1.82, 2.24) is 10.6 Å². The number of phosphoric ester groups is 1. The van der Waals surface area contributed by atoms with Crippen LogP contribution in [-0.4, -0.2) is 160 Å². The zero-order valence-corrected chi connectivity index (χ0v) is 91.4. The Balaban J connectivity index is 2.81. The first-order chi connectivity index (χ1) is 67.4. The maximum Gasteiger partial charge on any atom is 0.470 e. The molecule has 0 saturated carbocycles. The van der Waals surface area contributed by atoms with Crippen LogP contribution >= 0.6 is 7.82 Å². The Hall–Kier alpha value is -3.84. The fourth-order valence-corrected chi connectivity index (χ4v) is 20.1. The molecule has 0 aromatic carbocycles. The molecular weight excluding hydrogens is 1780 g/mol. The van der Waals surface area contributed by atoms with E-state index in [0.29, 0.717) is 63.7 Å². The Kier molecular flexibility index (Phi) is 85.4. The van der Waals surface area contributed by atoms with E-state index >= 15 is 9.59 Å². The predicted octanol–water partition coefficient (Wildman–Crippen LogP) is 28.8. The number of hydrogen-bond acceptors (Lipinski definition) is 20. The summed E-state index contributed by atoms with van der Waals surface area (Å²) in [5, 5.41) is 42.1. The standard InChI is InChI=1S/C114H215N2O22P/c1-10-15-20-25-30-35-37-38-40-49-60-69-78-87-105(123)136-111-107(115-100(118)88-95(81-72-63-54-43-32-27-22-17-12-3)131-102(120)84-75-66-58-50-41-46-52-61-70-79-93(6)7)113(126)134-99(109(111)125)92-130-114-108(116-101(119)89-96(82-73-64-55-44-33-28-23-18-13-4)132-103(121)85-76-67-59-51-42-47-53-62-71-80-94(8)9)112(110(98(91-117)135-114)138-139(127,128)129)137-106(124)90-97(83-74-65-56-45-34-29-24-19-14-5)133-104(122)86-77-68-57-48-39-36-31-26-21-16-11-2/h93-99,107-114,117,125-126H,10-92H2,1-9H3,(H,115,118)(H,116,119)(H2,127,128,129)/t95-,96-,97-,98?,99?,107?,108?,109-,110-,111-,112-,113-,114-/m1/s1. The van der Waals surface area contributed by atoms with E-state index in [9.17, 15) is 53.6 Å². The van der Waals surface area contributed by atoms with Gasteiger partial charge < -0.3 is 73.6 Å². The maximum atomic E-state index is 15.3. The molecule has 0 aromatic rings. The van der Waals surface area contributed by atoms with Crippen molar-refractivity contribution in [3.8, 4) is 0 Å². The molecule has 139 heavy (non-hydrogen) atoms. The van der Waals surface area contributed by atoms with Crippen molar-refractivity contribution in [2.24, 2.45) is 11.8 Å². The Morgan fingerprint density at radius 1 is 0.302 bits per heavy atom. The highest BCUT2D eigenvalue weighted by atomic mass is 31.2. The number of aliphatic hydroxyl groups excluding tert-OH is 3. The van der Waals surface area contributed by atoms with Gasteiger partial charge in [-0.15, -0.1) is 0 Å². The molecule has 0 aromatic heterocycles. The minimum Gasteiger partial charge on any atom is -0.462 e. The van der Waals surface area contributed by atoms with Crippen molar-refractivity contribution >= 4 is 49.5 Å². The van der Waals surface area contributed by atoms with Crippen molar-refractivity contribution in [3.05, 3.63) is 0 Å². The number of ether oxygens (including phenoxy) is 8. The number of nitrogens with one attached hydrogen (secondary N) is 2. The normalized spacial score (nSPS) is 19.1. The van der Waals surface area contributed by atoms with Gasteiger partial charge in [0.15, 0.2) is 24.8 Å². The molecule has 0 radical (unpaired) electrons. The molecule has 2 saturated heterocycles. The van der Waals surface area contributed by atoms with Gasteiger partial charge in [-0.1, -0.05) is 473 Å². The summed E-state index contributed by atoms with van der Waals surface area (Å²) in [4.78, 5) is 123. The molecule has 24 nitrogen and oxygen atoms in total. The fraction of sp³-hybridized carbons (Fsp3) is 0.939. The molecule has 4 unspecified atom stereocenters. The molecule has 818 valence electrons. The van der Waals surface area contributed by atoms with Crippen molar-refractivity contribution in [1.29, 1.82) is 0 Å². The molecule has 7 N–H and O–H groups in total. The lowest BCUT2D eigenvalue weighted by molar-refractivity contribution is -0.298. The van der Waals surface area contributed by atoms with E-state index in [1.165, 1.54) is 193 Å². The largest absolute Gasteiger partial charge is 0.470 e. The molecule has 2 fully saturated rings. The van der Waals surface area contributed by atoms with Crippen LogP contribution in [0.2, 0.25) is 0 Å². The quantitative estimate of drug-likeness (QED) is 0.0129. The molecule has 2 amide bonds. The first-order valence-corrected chi connectivity index (χ1v) is 60.1. The first kappa shape index (κ1) is 131. The third kappa shape index (κ3) is 74.7. The lowest BCUT2D eigenvalue weighted by Crippen LogP contribution is -2.68. The van der Waals surface area contributed by atoms with E-state index in [2.05, 4.69) is 72.9 Å². The van der Waals surface area contributed by atoms with Gasteiger partial charge in [-0.05, 0) is 76.0 Å². The summed E-state index contributed by atoms with van der Waals surface area (Å²) < 4.78 is 69.1. The van der Waals surface area contributed by atoms with Gasteiger partial charge in [0, 0.05) is 25.7 Å². The number of carbonyl (C=O) groups is 7. The predicted molar refractivity (Wildman–Crippen MR) is 561 cm³/mol. The summed E-state index contributed by atoms with van der Waals surface area (Å²) >= 11 is 0. The Morgan fingerprint density at radius 2 is 0.561 bits per heavy atom. The van der Waals surface area contributed by atoms with E-state index in [4.69, 9.17) is 42.4 Å². The third-order valence-electron chi connectivity index (χ3n) is 28.2. The second-order valence-electron chi connectivity index (χ2n) is 42.6. The maximum absolute atomic E-state index is 15.3. The average Bonchev–Trinajstić information content (AvgIpc) is 0.774. The third-order valence-corrected chi connectivity index (χ3v) is 28.7. The van der Waals surface area contributed by atoms with Crippen molar-refractivity contribution in [2.45, 2.75) is 662 Å². The zero-order valence-electron chi connectivity index (χ0n) is 90.5. The van der Waals surface area contributed by atoms with E-state index < -0.39 is 155 Å². The van der Waals surface area contributed by atoms with Crippen LogP contribution in [0.4, 0.5) is 0 Å². The summed E-state index contributed by atoms with van der Waals surface area (Å²) in [6, 6.07) is -3.41. The second kappa shape index (κ2) is 90.5. The first-order valence-electron chi connectivity index (χ1n) is 58.6. The molecular formula is C114H215N2O22P. The summed E-state index contributed by atoms with van der Waals surface area (Å²) in [6.45, 7) is 18.2. The average molecular weight is 2000 g/mol. The van der Waals surface area contributed by atoms with E-state index in [1.807, 2.05) is 0 Å². The van der Waals surface area contributed by atoms with Gasteiger partial charge in [0.05, 0.1) is 32.5 Å². The molecule has 0 bridgehead atoms. The van der Waals surface area contributed by atoms with Crippen LogP contribution in [0, 0.1) is 11.8 Å². The highest BCUT2D eigenvalue weighted by Crippen LogP contribution is 2.43. The Bertz CT molecular complexity index is 2960. The van der Waals surface area contributed by atoms with Gasteiger partial charge >= 0.3 is 37.7 Å².